The first-order chi connectivity index (χ1) is 7.87. The number of alkyl halides is 3. The van der Waals surface area contributed by atoms with Gasteiger partial charge in [0.15, 0.2) is 0 Å². The Balaban J connectivity index is 0.00000121. The third kappa shape index (κ3) is 7.68. The molecule has 0 saturated heterocycles. The standard InChI is InChI=1S/C9H7F3O2S.C2H6/c10-9(11,12)15-7-3-1-6(2-4-7)5-8(13)14;1-2/h1-4H,5H2,(H,13,14);1-2H3. The van der Waals surface area contributed by atoms with E-state index in [1.165, 1.54) is 24.3 Å². The minimum Gasteiger partial charge on any atom is -0.481 e. The Kier molecular flexibility index (Phi) is 6.72. The number of thioether (sulfide) groups is 1. The third-order valence-corrected chi connectivity index (χ3v) is 2.25. The molecule has 0 bridgehead atoms. The number of aliphatic carboxylic acids is 1. The largest absolute Gasteiger partial charge is 0.481 e. The molecule has 0 atom stereocenters. The molecule has 0 aromatic heterocycles. The van der Waals surface area contributed by atoms with Crippen molar-refractivity contribution in [2.75, 3.05) is 0 Å². The van der Waals surface area contributed by atoms with Crippen LogP contribution in [0.4, 0.5) is 13.2 Å². The lowest BCUT2D eigenvalue weighted by Crippen LogP contribution is -2.01. The first kappa shape index (κ1) is 15.8. The Labute approximate surface area is 102 Å². The van der Waals surface area contributed by atoms with Crippen LogP contribution in [-0.4, -0.2) is 16.6 Å². The van der Waals surface area contributed by atoms with Gasteiger partial charge in [-0.25, -0.2) is 0 Å². The van der Waals surface area contributed by atoms with Crippen molar-refractivity contribution in [2.24, 2.45) is 0 Å². The maximum atomic E-state index is 11.9. The Morgan fingerprint density at radius 1 is 1.24 bits per heavy atom. The van der Waals surface area contributed by atoms with Gasteiger partial charge in [0, 0.05) is 4.90 Å². The van der Waals surface area contributed by atoms with E-state index in [1.54, 1.807) is 0 Å². The molecule has 0 saturated carbocycles. The Hall–Kier alpha value is -1.17. The van der Waals surface area contributed by atoms with Gasteiger partial charge in [-0.05, 0) is 29.5 Å². The summed E-state index contributed by atoms with van der Waals surface area (Å²) in [5.74, 6) is -1.01. The molecule has 1 N–H and O–H groups in total. The molecular formula is C11H13F3O2S. The van der Waals surface area contributed by atoms with E-state index >= 15 is 0 Å². The van der Waals surface area contributed by atoms with Gasteiger partial charge >= 0.3 is 11.5 Å². The summed E-state index contributed by atoms with van der Waals surface area (Å²) in [7, 11) is 0. The highest BCUT2D eigenvalue weighted by Gasteiger charge is 2.28. The van der Waals surface area contributed by atoms with Crippen molar-refractivity contribution in [3.05, 3.63) is 29.8 Å². The fourth-order valence-electron chi connectivity index (χ4n) is 0.984. The summed E-state index contributed by atoms with van der Waals surface area (Å²) >= 11 is -0.219. The third-order valence-electron chi connectivity index (χ3n) is 1.51. The molecular weight excluding hydrogens is 253 g/mol. The maximum absolute atomic E-state index is 11.9. The highest BCUT2D eigenvalue weighted by Crippen LogP contribution is 2.36. The van der Waals surface area contributed by atoms with E-state index in [0.29, 0.717) is 5.56 Å². The molecule has 17 heavy (non-hydrogen) atoms. The monoisotopic (exact) mass is 266 g/mol. The second kappa shape index (κ2) is 7.21. The van der Waals surface area contributed by atoms with Crippen molar-refractivity contribution in [1.29, 1.82) is 0 Å². The number of carbonyl (C=O) groups is 1. The summed E-state index contributed by atoms with van der Waals surface area (Å²) < 4.78 is 35.8. The van der Waals surface area contributed by atoms with Gasteiger partial charge in [-0.3, -0.25) is 4.79 Å². The molecule has 0 aliphatic rings. The predicted octanol–water partition coefficient (Wildman–Crippen LogP) is 3.95. The Morgan fingerprint density at radius 2 is 1.71 bits per heavy atom. The van der Waals surface area contributed by atoms with E-state index in [4.69, 9.17) is 5.11 Å². The first-order valence-corrected chi connectivity index (χ1v) is 5.75. The van der Waals surface area contributed by atoms with E-state index in [0.717, 1.165) is 0 Å². The molecule has 2 nitrogen and oxygen atoms in total. The number of carboxylic acid groups (broad SMARTS) is 1. The van der Waals surface area contributed by atoms with Gasteiger partial charge in [0.25, 0.3) is 0 Å². The molecule has 0 aliphatic carbocycles. The Morgan fingerprint density at radius 3 is 2.06 bits per heavy atom. The zero-order valence-electron chi connectivity index (χ0n) is 9.41. The second-order valence-electron chi connectivity index (χ2n) is 2.76. The summed E-state index contributed by atoms with van der Waals surface area (Å²) in [4.78, 5) is 10.3. The maximum Gasteiger partial charge on any atom is 0.446 e. The summed E-state index contributed by atoms with van der Waals surface area (Å²) in [5, 5.41) is 8.44. The average Bonchev–Trinajstić information content (AvgIpc) is 2.21. The van der Waals surface area contributed by atoms with Crippen molar-refractivity contribution < 1.29 is 23.1 Å². The van der Waals surface area contributed by atoms with Crippen molar-refractivity contribution in [2.45, 2.75) is 30.7 Å². The molecule has 0 heterocycles. The topological polar surface area (TPSA) is 37.3 Å². The van der Waals surface area contributed by atoms with Gasteiger partial charge in [-0.15, -0.1) is 0 Å². The predicted molar refractivity (Wildman–Crippen MR) is 61.0 cm³/mol. The van der Waals surface area contributed by atoms with E-state index < -0.39 is 11.5 Å². The van der Waals surface area contributed by atoms with Crippen LogP contribution in [0.5, 0.6) is 0 Å². The summed E-state index contributed by atoms with van der Waals surface area (Å²) in [6.07, 6.45) is -0.184. The molecule has 1 aromatic rings. The van der Waals surface area contributed by atoms with Crippen molar-refractivity contribution in [3.8, 4) is 0 Å². The minimum absolute atomic E-state index is 0.0524. The number of carboxylic acids is 1. The van der Waals surface area contributed by atoms with Crippen LogP contribution < -0.4 is 0 Å². The van der Waals surface area contributed by atoms with Crippen LogP contribution in [0.1, 0.15) is 19.4 Å². The van der Waals surface area contributed by atoms with E-state index in [9.17, 15) is 18.0 Å². The summed E-state index contributed by atoms with van der Waals surface area (Å²) in [6, 6.07) is 5.28. The van der Waals surface area contributed by atoms with Crippen LogP contribution in [0.2, 0.25) is 0 Å². The molecule has 6 heteroatoms. The van der Waals surface area contributed by atoms with E-state index in [-0.39, 0.29) is 23.1 Å². The quantitative estimate of drug-likeness (QED) is 0.842. The lowest BCUT2D eigenvalue weighted by atomic mass is 10.2. The minimum atomic E-state index is -4.31. The average molecular weight is 266 g/mol. The van der Waals surface area contributed by atoms with Gasteiger partial charge in [0.1, 0.15) is 0 Å². The lowest BCUT2D eigenvalue weighted by molar-refractivity contribution is -0.136. The molecule has 0 fully saturated rings. The zero-order valence-corrected chi connectivity index (χ0v) is 10.2. The van der Waals surface area contributed by atoms with Crippen LogP contribution in [-0.2, 0) is 11.2 Å². The highest BCUT2D eigenvalue weighted by atomic mass is 32.2. The van der Waals surface area contributed by atoms with Gasteiger partial charge in [0.2, 0.25) is 0 Å². The number of rotatable bonds is 3. The number of hydrogen-bond acceptors (Lipinski definition) is 2. The van der Waals surface area contributed by atoms with Crippen LogP contribution in [0, 0.1) is 0 Å². The van der Waals surface area contributed by atoms with Crippen LogP contribution in [0.15, 0.2) is 29.2 Å². The molecule has 1 aromatic carbocycles. The van der Waals surface area contributed by atoms with Crippen LogP contribution in [0.25, 0.3) is 0 Å². The molecule has 0 aliphatic heterocycles. The lowest BCUT2D eigenvalue weighted by Gasteiger charge is -2.05. The van der Waals surface area contributed by atoms with Gasteiger partial charge in [-0.2, -0.15) is 13.2 Å². The van der Waals surface area contributed by atoms with Crippen molar-refractivity contribution in [1.82, 2.24) is 0 Å². The van der Waals surface area contributed by atoms with E-state index in [2.05, 4.69) is 0 Å². The molecule has 96 valence electrons. The number of halogens is 3. The summed E-state index contributed by atoms with van der Waals surface area (Å²) in [6.45, 7) is 4.00. The van der Waals surface area contributed by atoms with Gasteiger partial charge in [-0.1, -0.05) is 26.0 Å². The highest BCUT2D eigenvalue weighted by molar-refractivity contribution is 8.00. The van der Waals surface area contributed by atoms with Crippen LogP contribution in [0.3, 0.4) is 0 Å². The summed E-state index contributed by atoms with van der Waals surface area (Å²) in [5.41, 5.74) is -3.83. The van der Waals surface area contributed by atoms with Crippen molar-refractivity contribution >= 4 is 17.7 Å². The molecule has 1 rings (SSSR count). The number of benzene rings is 1. The van der Waals surface area contributed by atoms with Gasteiger partial charge < -0.3 is 5.11 Å². The normalized spacial score (nSPS) is 10.4. The smallest absolute Gasteiger partial charge is 0.446 e. The molecule has 0 unspecified atom stereocenters. The van der Waals surface area contributed by atoms with Crippen molar-refractivity contribution in [3.63, 3.8) is 0 Å². The Bertz CT molecular complexity index is 347. The molecule has 0 radical (unpaired) electrons. The van der Waals surface area contributed by atoms with E-state index in [1.807, 2.05) is 13.8 Å². The molecule has 0 amide bonds. The SMILES string of the molecule is CC.O=C(O)Cc1ccc(SC(F)(F)F)cc1. The second-order valence-corrected chi connectivity index (χ2v) is 3.90. The van der Waals surface area contributed by atoms with Crippen LogP contribution >= 0.6 is 11.8 Å². The fraction of sp³-hybridized carbons (Fsp3) is 0.364. The number of hydrogen-bond donors (Lipinski definition) is 1. The molecule has 0 spiro atoms. The fourth-order valence-corrected chi connectivity index (χ4v) is 1.52. The first-order valence-electron chi connectivity index (χ1n) is 4.93. The zero-order chi connectivity index (χ0) is 13.5. The van der Waals surface area contributed by atoms with Gasteiger partial charge in [0.05, 0.1) is 6.42 Å².